The summed E-state index contributed by atoms with van der Waals surface area (Å²) in [4.78, 5) is 0. The normalized spacial score (nSPS) is 21.7. The lowest BCUT2D eigenvalue weighted by atomic mass is 9.90. The van der Waals surface area contributed by atoms with Crippen molar-refractivity contribution in [3.8, 4) is 5.75 Å². The van der Waals surface area contributed by atoms with Crippen molar-refractivity contribution in [1.29, 1.82) is 0 Å². The molecule has 1 saturated heterocycles. The van der Waals surface area contributed by atoms with Crippen LogP contribution in [-0.2, 0) is 0 Å². The summed E-state index contributed by atoms with van der Waals surface area (Å²) in [6.07, 6.45) is 9.91. The molecule has 0 unspecified atom stereocenters. The molecule has 0 aromatic heterocycles. The summed E-state index contributed by atoms with van der Waals surface area (Å²) in [5.74, 6) is 1.89. The van der Waals surface area contributed by atoms with Crippen molar-refractivity contribution in [1.82, 2.24) is 0 Å². The van der Waals surface area contributed by atoms with E-state index in [0.29, 0.717) is 0 Å². The van der Waals surface area contributed by atoms with Crippen molar-refractivity contribution in [2.75, 3.05) is 6.61 Å². The smallest absolute Gasteiger partial charge is 0.119 e. The molecule has 0 radical (unpaired) electrons. The van der Waals surface area contributed by atoms with Crippen LogP contribution in [0.15, 0.2) is 24.3 Å². The van der Waals surface area contributed by atoms with Crippen LogP contribution in [0.5, 0.6) is 5.75 Å². The Morgan fingerprint density at radius 1 is 0.895 bits per heavy atom. The predicted molar refractivity (Wildman–Crippen MR) is 84.1 cm³/mol. The van der Waals surface area contributed by atoms with Crippen LogP contribution < -0.4 is 9.92 Å². The van der Waals surface area contributed by atoms with Gasteiger partial charge in [0.1, 0.15) is 5.75 Å². The van der Waals surface area contributed by atoms with Crippen molar-refractivity contribution in [2.24, 2.45) is 5.92 Å². The Morgan fingerprint density at radius 2 is 1.58 bits per heavy atom. The Kier molecular flexibility index (Phi) is 4.60. The molecule has 1 saturated carbocycles. The van der Waals surface area contributed by atoms with Crippen molar-refractivity contribution in [2.45, 2.75) is 57.0 Å². The van der Waals surface area contributed by atoms with Gasteiger partial charge in [0, 0.05) is 0 Å². The van der Waals surface area contributed by atoms with Crippen LogP contribution in [0.1, 0.15) is 44.9 Å². The molecule has 1 aromatic rings. The molecule has 1 aromatic carbocycles. The SMILES string of the molecule is c1cc([SiH]2CCCC2)ccc1OCC1CCCCC1. The van der Waals surface area contributed by atoms with Gasteiger partial charge in [-0.25, -0.2) is 0 Å². The molecule has 2 heteroatoms. The van der Waals surface area contributed by atoms with Crippen LogP contribution in [0.3, 0.4) is 0 Å². The van der Waals surface area contributed by atoms with E-state index >= 15 is 0 Å². The molecule has 1 aliphatic heterocycles. The first-order chi connectivity index (χ1) is 9.42. The average molecular weight is 274 g/mol. The number of hydrogen-bond donors (Lipinski definition) is 0. The number of hydrogen-bond acceptors (Lipinski definition) is 1. The van der Waals surface area contributed by atoms with E-state index in [9.17, 15) is 0 Å². The molecular weight excluding hydrogens is 248 g/mol. The van der Waals surface area contributed by atoms with Crippen molar-refractivity contribution in [3.63, 3.8) is 0 Å². The average Bonchev–Trinajstić information content (AvgIpc) is 3.01. The Bertz CT molecular complexity index is 375. The maximum absolute atomic E-state index is 5.98. The van der Waals surface area contributed by atoms with Gasteiger partial charge in [-0.2, -0.15) is 0 Å². The van der Waals surface area contributed by atoms with E-state index in [0.717, 1.165) is 18.3 Å². The first kappa shape index (κ1) is 13.2. The highest BCUT2D eigenvalue weighted by Gasteiger charge is 2.18. The zero-order chi connectivity index (χ0) is 12.9. The van der Waals surface area contributed by atoms with Crippen LogP contribution in [-0.4, -0.2) is 15.4 Å². The maximum Gasteiger partial charge on any atom is 0.119 e. The van der Waals surface area contributed by atoms with Gasteiger partial charge in [0.25, 0.3) is 0 Å². The highest BCUT2D eigenvalue weighted by Crippen LogP contribution is 2.25. The van der Waals surface area contributed by atoms with Gasteiger partial charge in [-0.05, 0) is 30.9 Å². The third-order valence-electron chi connectivity index (χ3n) is 4.92. The minimum absolute atomic E-state index is 0.563. The van der Waals surface area contributed by atoms with E-state index in [1.807, 2.05) is 0 Å². The molecule has 0 N–H and O–H groups in total. The molecule has 3 rings (SSSR count). The molecule has 0 spiro atoms. The van der Waals surface area contributed by atoms with E-state index in [2.05, 4.69) is 24.3 Å². The number of ether oxygens (including phenoxy) is 1. The van der Waals surface area contributed by atoms with Gasteiger partial charge < -0.3 is 4.74 Å². The van der Waals surface area contributed by atoms with Gasteiger partial charge in [0.2, 0.25) is 0 Å². The molecule has 1 aliphatic carbocycles. The molecule has 0 bridgehead atoms. The fraction of sp³-hybridized carbons (Fsp3) is 0.647. The second-order valence-corrected chi connectivity index (χ2v) is 9.58. The number of rotatable bonds is 4. The van der Waals surface area contributed by atoms with Crippen molar-refractivity contribution < 1.29 is 4.74 Å². The summed E-state index contributed by atoms with van der Waals surface area (Å²) >= 11 is 0. The molecule has 2 aliphatic rings. The highest BCUT2D eigenvalue weighted by molar-refractivity contribution is 6.73. The standard InChI is InChI=1S/C17H26OSi/c1-2-6-15(7-3-1)14-18-16-8-10-17(11-9-16)19-12-4-5-13-19/h8-11,15,19H,1-7,12-14H2. The van der Waals surface area contributed by atoms with E-state index in [4.69, 9.17) is 4.74 Å². The van der Waals surface area contributed by atoms with E-state index < -0.39 is 8.80 Å². The van der Waals surface area contributed by atoms with Gasteiger partial charge in [0.05, 0.1) is 15.4 Å². The largest absolute Gasteiger partial charge is 0.493 e. The number of benzene rings is 1. The molecular formula is C17H26OSi. The summed E-state index contributed by atoms with van der Waals surface area (Å²) < 4.78 is 5.98. The van der Waals surface area contributed by atoms with Crippen LogP contribution in [0, 0.1) is 5.92 Å². The zero-order valence-corrected chi connectivity index (χ0v) is 13.1. The third kappa shape index (κ3) is 3.62. The van der Waals surface area contributed by atoms with E-state index in [-0.39, 0.29) is 0 Å². The summed E-state index contributed by atoms with van der Waals surface area (Å²) in [6.45, 7) is 0.931. The van der Waals surface area contributed by atoms with Crippen LogP contribution >= 0.6 is 0 Å². The monoisotopic (exact) mass is 274 g/mol. The first-order valence-electron chi connectivity index (χ1n) is 8.14. The Balaban J connectivity index is 1.50. The second-order valence-electron chi connectivity index (χ2n) is 6.37. The van der Waals surface area contributed by atoms with E-state index in [1.165, 1.54) is 57.0 Å². The van der Waals surface area contributed by atoms with Gasteiger partial charge >= 0.3 is 0 Å². The van der Waals surface area contributed by atoms with Gasteiger partial charge in [0.15, 0.2) is 0 Å². The quantitative estimate of drug-likeness (QED) is 0.757. The second kappa shape index (κ2) is 6.60. The van der Waals surface area contributed by atoms with Crippen LogP contribution in [0.4, 0.5) is 0 Å². The lowest BCUT2D eigenvalue weighted by molar-refractivity contribution is 0.209. The van der Waals surface area contributed by atoms with E-state index in [1.54, 1.807) is 5.19 Å². The maximum atomic E-state index is 5.98. The predicted octanol–water partition coefficient (Wildman–Crippen LogP) is 3.87. The fourth-order valence-electron chi connectivity index (χ4n) is 3.66. The summed E-state index contributed by atoms with van der Waals surface area (Å²) in [5.41, 5.74) is 0. The first-order valence-corrected chi connectivity index (χ1v) is 10.4. The van der Waals surface area contributed by atoms with Gasteiger partial charge in [-0.1, -0.05) is 61.5 Å². The van der Waals surface area contributed by atoms with Crippen molar-refractivity contribution >= 4 is 14.0 Å². The topological polar surface area (TPSA) is 9.23 Å². The minimum Gasteiger partial charge on any atom is -0.493 e. The lowest BCUT2D eigenvalue weighted by Gasteiger charge is -2.21. The molecule has 104 valence electrons. The summed E-state index contributed by atoms with van der Waals surface area (Å²) in [7, 11) is -0.563. The zero-order valence-electron chi connectivity index (χ0n) is 11.9. The Labute approximate surface area is 119 Å². The van der Waals surface area contributed by atoms with Crippen LogP contribution in [0.2, 0.25) is 12.1 Å². The molecule has 2 fully saturated rings. The fourth-order valence-corrected chi connectivity index (χ4v) is 6.92. The Morgan fingerprint density at radius 3 is 2.26 bits per heavy atom. The molecule has 1 heterocycles. The van der Waals surface area contributed by atoms with Crippen LogP contribution in [0.25, 0.3) is 0 Å². The summed E-state index contributed by atoms with van der Waals surface area (Å²) in [5, 5.41) is 1.66. The summed E-state index contributed by atoms with van der Waals surface area (Å²) in [6, 6.07) is 12.1. The van der Waals surface area contributed by atoms with Crippen molar-refractivity contribution in [3.05, 3.63) is 24.3 Å². The lowest BCUT2D eigenvalue weighted by Crippen LogP contribution is -2.25. The molecule has 0 atom stereocenters. The minimum atomic E-state index is -0.563. The highest BCUT2D eigenvalue weighted by atomic mass is 28.3. The molecule has 1 nitrogen and oxygen atoms in total. The Hall–Kier alpha value is -0.763. The molecule has 0 amide bonds. The molecule has 19 heavy (non-hydrogen) atoms. The van der Waals surface area contributed by atoms with Gasteiger partial charge in [-0.15, -0.1) is 0 Å². The van der Waals surface area contributed by atoms with Gasteiger partial charge in [-0.3, -0.25) is 0 Å². The third-order valence-corrected chi connectivity index (χ3v) is 8.46.